The minimum atomic E-state index is -1.01. The molecule has 0 atom stereocenters. The normalized spacial score (nSPS) is 12.6. The molecule has 2 aromatic carbocycles. The van der Waals surface area contributed by atoms with Gasteiger partial charge in [0, 0.05) is 5.56 Å². The van der Waals surface area contributed by atoms with Crippen molar-refractivity contribution < 1.29 is 19.2 Å². The van der Waals surface area contributed by atoms with E-state index in [4.69, 9.17) is 4.74 Å². The van der Waals surface area contributed by atoms with Gasteiger partial charge in [-0.25, -0.2) is 9.59 Å². The number of imidazole rings is 1. The number of ether oxygens (including phenoxy) is 1. The van der Waals surface area contributed by atoms with E-state index in [1.807, 2.05) is 62.4 Å². The number of carbonyl (C=O) groups is 1. The summed E-state index contributed by atoms with van der Waals surface area (Å²) in [6.45, 7) is 6.03. The Balaban J connectivity index is 1.75. The Labute approximate surface area is 194 Å². The molecule has 0 saturated carbocycles. The third kappa shape index (κ3) is 4.40. The molecule has 4 rings (SSSR count). The Bertz CT molecular complexity index is 1510. The van der Waals surface area contributed by atoms with Crippen LogP contribution in [0.3, 0.4) is 0 Å². The van der Waals surface area contributed by atoms with Crippen LogP contribution in [0.5, 0.6) is 6.01 Å². The minimum absolute atomic E-state index is 0.193. The highest BCUT2D eigenvalue weighted by Gasteiger charge is 2.15. The number of carboxylic acids is 1. The molecule has 9 nitrogen and oxygen atoms in total. The zero-order valence-electron chi connectivity index (χ0n) is 19.0. The van der Waals surface area contributed by atoms with E-state index < -0.39 is 11.7 Å². The lowest BCUT2D eigenvalue weighted by atomic mass is 9.98. The standard InChI is InChI=1S/C25H24N4O5/c1-4-20-21(15(3)23(30)31)29(24(26-20)33-5-2)14-16-10-12-17(13-11-16)18-8-6-7-9-19(18)22-27-25(32)34-28-22/h4,6-13H,5,14H2,1-3H3,(H,30,31)(H,27,28,32)/b20-4+,21-15-. The van der Waals surface area contributed by atoms with Crippen molar-refractivity contribution in [2.45, 2.75) is 27.3 Å². The molecule has 2 aromatic heterocycles. The zero-order valence-corrected chi connectivity index (χ0v) is 19.0. The van der Waals surface area contributed by atoms with E-state index in [9.17, 15) is 14.7 Å². The summed E-state index contributed by atoms with van der Waals surface area (Å²) in [6, 6.07) is 15.8. The van der Waals surface area contributed by atoms with Gasteiger partial charge >= 0.3 is 11.7 Å². The fourth-order valence-electron chi connectivity index (χ4n) is 3.79. The summed E-state index contributed by atoms with van der Waals surface area (Å²) < 4.78 is 12.1. The molecular weight excluding hydrogens is 436 g/mol. The number of hydrogen-bond acceptors (Lipinski definition) is 6. The number of aromatic nitrogens is 4. The molecular formula is C25H24N4O5. The third-order valence-corrected chi connectivity index (χ3v) is 5.41. The number of benzene rings is 2. The molecule has 0 bridgehead atoms. The van der Waals surface area contributed by atoms with Crippen LogP contribution in [-0.4, -0.2) is 37.4 Å². The molecule has 0 aliphatic rings. The van der Waals surface area contributed by atoms with Crippen molar-refractivity contribution in [1.29, 1.82) is 0 Å². The molecule has 4 aromatic rings. The number of nitrogens with zero attached hydrogens (tertiary/aromatic N) is 3. The van der Waals surface area contributed by atoms with Crippen molar-refractivity contribution in [2.24, 2.45) is 0 Å². The number of carboxylic acid groups (broad SMARTS) is 1. The van der Waals surface area contributed by atoms with Crippen molar-refractivity contribution in [3.8, 4) is 28.5 Å². The van der Waals surface area contributed by atoms with Gasteiger partial charge in [-0.1, -0.05) is 59.8 Å². The van der Waals surface area contributed by atoms with Gasteiger partial charge < -0.3 is 9.84 Å². The Kier molecular flexibility index (Phi) is 6.44. The Morgan fingerprint density at radius 2 is 1.88 bits per heavy atom. The van der Waals surface area contributed by atoms with Gasteiger partial charge in [0.1, 0.15) is 0 Å². The maximum absolute atomic E-state index is 11.7. The molecule has 9 heteroatoms. The van der Waals surface area contributed by atoms with Gasteiger partial charge in [-0.2, -0.15) is 4.98 Å². The van der Waals surface area contributed by atoms with E-state index in [1.54, 1.807) is 17.6 Å². The van der Waals surface area contributed by atoms with Gasteiger partial charge in [0.25, 0.3) is 6.01 Å². The summed E-state index contributed by atoms with van der Waals surface area (Å²) in [5.41, 5.74) is 3.69. The lowest BCUT2D eigenvalue weighted by Gasteiger charge is -2.11. The molecule has 34 heavy (non-hydrogen) atoms. The van der Waals surface area contributed by atoms with Gasteiger partial charge in [-0.05, 0) is 37.5 Å². The summed E-state index contributed by atoms with van der Waals surface area (Å²) in [5, 5.41) is 14.5. The summed E-state index contributed by atoms with van der Waals surface area (Å²) >= 11 is 0. The molecule has 174 valence electrons. The topological polar surface area (TPSA) is 123 Å². The number of aromatic amines is 1. The lowest BCUT2D eigenvalue weighted by molar-refractivity contribution is -0.130. The fourth-order valence-corrected chi connectivity index (χ4v) is 3.79. The van der Waals surface area contributed by atoms with Crippen molar-refractivity contribution >= 4 is 17.6 Å². The van der Waals surface area contributed by atoms with Crippen LogP contribution in [0, 0.1) is 0 Å². The van der Waals surface area contributed by atoms with Gasteiger partial charge in [-0.15, -0.1) is 0 Å². The molecule has 2 N–H and O–H groups in total. The van der Waals surface area contributed by atoms with Crippen molar-refractivity contribution in [3.05, 3.63) is 75.3 Å². The maximum Gasteiger partial charge on any atom is 0.439 e. The van der Waals surface area contributed by atoms with Crippen molar-refractivity contribution in [3.63, 3.8) is 0 Å². The first-order valence-corrected chi connectivity index (χ1v) is 10.8. The predicted molar refractivity (Wildman–Crippen MR) is 127 cm³/mol. The number of H-pyrrole nitrogens is 1. The van der Waals surface area contributed by atoms with Crippen LogP contribution in [-0.2, 0) is 11.3 Å². The van der Waals surface area contributed by atoms with Crippen LogP contribution >= 0.6 is 0 Å². The second-order valence-electron chi connectivity index (χ2n) is 7.55. The van der Waals surface area contributed by atoms with Crippen LogP contribution < -0.4 is 21.2 Å². The number of aliphatic carboxylic acids is 1. The molecule has 0 unspecified atom stereocenters. The van der Waals surface area contributed by atoms with E-state index in [2.05, 4.69) is 19.6 Å². The average Bonchev–Trinajstić information content (AvgIpc) is 3.42. The van der Waals surface area contributed by atoms with Gasteiger partial charge in [0.2, 0.25) is 0 Å². The Morgan fingerprint density at radius 3 is 2.47 bits per heavy atom. The molecule has 0 aliphatic carbocycles. The van der Waals surface area contributed by atoms with Crippen LogP contribution in [0.15, 0.2) is 57.8 Å². The third-order valence-electron chi connectivity index (χ3n) is 5.41. The number of rotatable bonds is 7. The monoisotopic (exact) mass is 460 g/mol. The average molecular weight is 460 g/mol. The summed E-state index contributed by atoms with van der Waals surface area (Å²) in [4.78, 5) is 30.2. The van der Waals surface area contributed by atoms with Gasteiger partial charge in [0.15, 0.2) is 5.82 Å². The fraction of sp³-hybridized carbons (Fsp3) is 0.200. The van der Waals surface area contributed by atoms with Crippen LogP contribution in [0.2, 0.25) is 0 Å². The SMILES string of the molecule is C/C=c1/nc(OCC)n(Cc2ccc(-c3ccccc3-c3noc(=O)[nH]3)cc2)/c1=C(/C)C(=O)O. The molecule has 0 fully saturated rings. The highest BCUT2D eigenvalue weighted by atomic mass is 16.5. The minimum Gasteiger partial charge on any atom is -0.478 e. The van der Waals surface area contributed by atoms with Gasteiger partial charge in [0.05, 0.1) is 29.4 Å². The molecule has 2 heterocycles. The van der Waals surface area contributed by atoms with E-state index in [1.165, 1.54) is 0 Å². The highest BCUT2D eigenvalue weighted by molar-refractivity contribution is 6.07. The first-order valence-electron chi connectivity index (χ1n) is 10.8. The van der Waals surface area contributed by atoms with E-state index >= 15 is 0 Å². The van der Waals surface area contributed by atoms with Crippen molar-refractivity contribution in [2.75, 3.05) is 6.61 Å². The molecule has 0 saturated heterocycles. The summed E-state index contributed by atoms with van der Waals surface area (Å²) in [7, 11) is 0. The number of hydrogen-bond donors (Lipinski definition) is 2. The van der Waals surface area contributed by atoms with Crippen LogP contribution in [0.25, 0.3) is 34.2 Å². The second-order valence-corrected chi connectivity index (χ2v) is 7.55. The molecule has 0 radical (unpaired) electrons. The maximum atomic E-state index is 11.7. The van der Waals surface area contributed by atoms with E-state index in [0.717, 1.165) is 22.3 Å². The summed E-state index contributed by atoms with van der Waals surface area (Å²) in [6.07, 6.45) is 1.77. The number of nitrogens with one attached hydrogen (secondary N) is 1. The van der Waals surface area contributed by atoms with Gasteiger partial charge in [-0.3, -0.25) is 14.1 Å². The lowest BCUT2D eigenvalue weighted by Crippen LogP contribution is -2.34. The van der Waals surface area contributed by atoms with E-state index in [-0.39, 0.29) is 5.57 Å². The quantitative estimate of drug-likeness (QED) is 0.434. The zero-order chi connectivity index (χ0) is 24.2. The van der Waals surface area contributed by atoms with E-state index in [0.29, 0.717) is 35.7 Å². The van der Waals surface area contributed by atoms with Crippen LogP contribution in [0.1, 0.15) is 26.3 Å². The highest BCUT2D eigenvalue weighted by Crippen LogP contribution is 2.30. The van der Waals surface area contributed by atoms with Crippen LogP contribution in [0.4, 0.5) is 0 Å². The van der Waals surface area contributed by atoms with Crippen molar-refractivity contribution in [1.82, 2.24) is 19.7 Å². The molecule has 0 aliphatic heterocycles. The predicted octanol–water partition coefficient (Wildman–Crippen LogP) is 2.40. The Hall–Kier alpha value is -4.40. The second kappa shape index (κ2) is 9.62. The first kappa shape index (κ1) is 22.8. The smallest absolute Gasteiger partial charge is 0.439 e. The first-order chi connectivity index (χ1) is 16.4. The largest absolute Gasteiger partial charge is 0.478 e. The molecule has 0 spiro atoms. The molecule has 0 amide bonds. The summed E-state index contributed by atoms with van der Waals surface area (Å²) in [5.74, 6) is -1.26. The Morgan fingerprint density at radius 1 is 1.18 bits per heavy atom.